The van der Waals surface area contributed by atoms with Crippen LogP contribution in [0.1, 0.15) is 35.7 Å². The van der Waals surface area contributed by atoms with Gasteiger partial charge in [-0.1, -0.05) is 37.3 Å². The molecule has 0 radical (unpaired) electrons. The van der Waals surface area contributed by atoms with Crippen molar-refractivity contribution in [3.63, 3.8) is 0 Å². The summed E-state index contributed by atoms with van der Waals surface area (Å²) in [4.78, 5) is 36.1. The fraction of sp³-hybridized carbons (Fsp3) is 0.318. The number of hydrogen-bond acceptors (Lipinski definition) is 5. The highest BCUT2D eigenvalue weighted by molar-refractivity contribution is 5.96. The molecule has 29 heavy (non-hydrogen) atoms. The molecule has 0 saturated carbocycles. The minimum absolute atomic E-state index is 0.131. The lowest BCUT2D eigenvalue weighted by molar-refractivity contribution is -0.153. The zero-order valence-corrected chi connectivity index (χ0v) is 16.8. The first kappa shape index (κ1) is 21.9. The largest absolute Gasteiger partial charge is 0.497 e. The van der Waals surface area contributed by atoms with Crippen LogP contribution < -0.4 is 15.4 Å². The summed E-state index contributed by atoms with van der Waals surface area (Å²) in [6.45, 7) is 3.59. The van der Waals surface area contributed by atoms with Crippen molar-refractivity contribution in [1.29, 1.82) is 0 Å². The Bertz CT molecular complexity index is 821. The lowest BCUT2D eigenvalue weighted by Crippen LogP contribution is -2.39. The Labute approximate surface area is 170 Å². The van der Waals surface area contributed by atoms with Crippen LogP contribution in [0.3, 0.4) is 0 Å². The number of methoxy groups -OCH3 is 1. The van der Waals surface area contributed by atoms with Crippen LogP contribution in [0.2, 0.25) is 0 Å². The van der Waals surface area contributed by atoms with Crippen molar-refractivity contribution in [3.05, 3.63) is 65.7 Å². The molecular formula is C22H26N2O5. The molecule has 0 unspecified atom stereocenters. The van der Waals surface area contributed by atoms with E-state index >= 15 is 0 Å². The average Bonchev–Trinajstić information content (AvgIpc) is 2.76. The van der Waals surface area contributed by atoms with Crippen molar-refractivity contribution in [2.45, 2.75) is 25.9 Å². The highest BCUT2D eigenvalue weighted by Gasteiger charge is 2.19. The second kappa shape index (κ2) is 10.8. The first-order valence-corrected chi connectivity index (χ1v) is 9.35. The molecule has 0 heterocycles. The quantitative estimate of drug-likeness (QED) is 0.632. The van der Waals surface area contributed by atoms with Gasteiger partial charge in [-0.05, 0) is 42.7 Å². The number of carbonyl (C=O) groups excluding carboxylic acids is 3. The number of ether oxygens (including phenoxy) is 2. The van der Waals surface area contributed by atoms with Gasteiger partial charge in [-0.15, -0.1) is 0 Å². The Morgan fingerprint density at radius 2 is 1.59 bits per heavy atom. The van der Waals surface area contributed by atoms with Gasteiger partial charge in [-0.25, -0.2) is 0 Å². The Kier molecular flexibility index (Phi) is 8.21. The highest BCUT2D eigenvalue weighted by atomic mass is 16.5. The van der Waals surface area contributed by atoms with Gasteiger partial charge in [-0.3, -0.25) is 14.4 Å². The van der Waals surface area contributed by atoms with Gasteiger partial charge in [0.05, 0.1) is 7.11 Å². The summed E-state index contributed by atoms with van der Waals surface area (Å²) in [5.41, 5.74) is 1.50. The second-order valence-electron chi connectivity index (χ2n) is 6.60. The molecule has 2 N–H and O–H groups in total. The van der Waals surface area contributed by atoms with Gasteiger partial charge in [0, 0.05) is 12.1 Å². The number of esters is 1. The maximum atomic E-state index is 12.1. The van der Waals surface area contributed by atoms with Crippen LogP contribution in [0.5, 0.6) is 5.75 Å². The smallest absolute Gasteiger partial charge is 0.326 e. The molecule has 0 aliphatic carbocycles. The first-order chi connectivity index (χ1) is 13.9. The van der Waals surface area contributed by atoms with Gasteiger partial charge < -0.3 is 20.1 Å². The van der Waals surface area contributed by atoms with Crippen molar-refractivity contribution in [2.24, 2.45) is 0 Å². The lowest BCUT2D eigenvalue weighted by Gasteiger charge is -2.17. The van der Waals surface area contributed by atoms with Crippen molar-refractivity contribution in [2.75, 3.05) is 20.2 Å². The van der Waals surface area contributed by atoms with Crippen LogP contribution in [0, 0.1) is 0 Å². The summed E-state index contributed by atoms with van der Waals surface area (Å²) >= 11 is 0. The van der Waals surface area contributed by atoms with Crippen LogP contribution in [0.15, 0.2) is 54.6 Å². The molecule has 0 bridgehead atoms. The van der Waals surface area contributed by atoms with Crippen molar-refractivity contribution in [3.8, 4) is 5.75 Å². The maximum absolute atomic E-state index is 12.1. The third-order valence-electron chi connectivity index (χ3n) is 4.37. The standard InChI is InChI=1S/C22H26N2O5/c1-15(17-7-5-4-6-8-17)13-23-21(26)16(2)29-20(25)14-24-22(27)18-9-11-19(28-3)12-10-18/h4-12,15-16H,13-14H2,1-3H3,(H,23,26)(H,24,27)/t15-,16-/m0/s1. The molecular weight excluding hydrogens is 372 g/mol. The van der Waals surface area contributed by atoms with E-state index in [1.807, 2.05) is 37.3 Å². The first-order valence-electron chi connectivity index (χ1n) is 9.35. The summed E-state index contributed by atoms with van der Waals surface area (Å²) in [6.07, 6.45) is -0.955. The predicted molar refractivity (Wildman–Crippen MR) is 109 cm³/mol. The Morgan fingerprint density at radius 3 is 2.21 bits per heavy atom. The molecule has 154 valence electrons. The van der Waals surface area contributed by atoms with E-state index in [1.165, 1.54) is 14.0 Å². The molecule has 0 aromatic heterocycles. The maximum Gasteiger partial charge on any atom is 0.326 e. The second-order valence-corrected chi connectivity index (χ2v) is 6.60. The van der Waals surface area contributed by atoms with E-state index in [1.54, 1.807) is 24.3 Å². The molecule has 2 amide bonds. The third kappa shape index (κ3) is 6.95. The van der Waals surface area contributed by atoms with Crippen LogP contribution >= 0.6 is 0 Å². The van der Waals surface area contributed by atoms with Gasteiger partial charge in [-0.2, -0.15) is 0 Å². The summed E-state index contributed by atoms with van der Waals surface area (Å²) in [5, 5.41) is 5.24. The van der Waals surface area contributed by atoms with Gasteiger partial charge in [0.2, 0.25) is 0 Å². The molecule has 7 nitrogen and oxygen atoms in total. The molecule has 2 aromatic rings. The minimum atomic E-state index is -0.955. The average molecular weight is 398 g/mol. The van der Waals surface area contributed by atoms with E-state index < -0.39 is 18.0 Å². The zero-order valence-electron chi connectivity index (χ0n) is 16.8. The lowest BCUT2D eigenvalue weighted by atomic mass is 10.0. The number of hydrogen-bond donors (Lipinski definition) is 2. The van der Waals surface area contributed by atoms with Gasteiger partial charge >= 0.3 is 5.97 Å². The van der Waals surface area contributed by atoms with E-state index in [0.717, 1.165) is 5.56 Å². The van der Waals surface area contributed by atoms with Crippen molar-refractivity contribution in [1.82, 2.24) is 10.6 Å². The fourth-order valence-electron chi connectivity index (χ4n) is 2.59. The molecule has 0 spiro atoms. The van der Waals surface area contributed by atoms with E-state index in [9.17, 15) is 14.4 Å². The number of carbonyl (C=O) groups is 3. The molecule has 0 fully saturated rings. The predicted octanol–water partition coefficient (Wildman–Crippen LogP) is 2.28. The van der Waals surface area contributed by atoms with Crippen LogP contribution in [-0.2, 0) is 14.3 Å². The number of amides is 2. The van der Waals surface area contributed by atoms with Crippen LogP contribution in [-0.4, -0.2) is 44.1 Å². The molecule has 2 atom stereocenters. The Morgan fingerprint density at radius 1 is 0.931 bits per heavy atom. The third-order valence-corrected chi connectivity index (χ3v) is 4.37. The topological polar surface area (TPSA) is 93.7 Å². The SMILES string of the molecule is COc1ccc(C(=O)NCC(=O)O[C@@H](C)C(=O)NC[C@H](C)c2ccccc2)cc1. The summed E-state index contributed by atoms with van der Waals surface area (Å²) in [6, 6.07) is 16.3. The van der Waals surface area contributed by atoms with Gasteiger partial charge in [0.1, 0.15) is 12.3 Å². The molecule has 7 heteroatoms. The molecule has 2 rings (SSSR count). The summed E-state index contributed by atoms with van der Waals surface area (Å²) in [7, 11) is 1.53. The Hall–Kier alpha value is -3.35. The van der Waals surface area contributed by atoms with Gasteiger partial charge in [0.25, 0.3) is 11.8 Å². The summed E-state index contributed by atoms with van der Waals surface area (Å²) in [5.74, 6) is -0.735. The number of rotatable bonds is 9. The van der Waals surface area contributed by atoms with E-state index in [2.05, 4.69) is 10.6 Å². The normalized spacial score (nSPS) is 12.4. The molecule has 0 aliphatic rings. The monoisotopic (exact) mass is 398 g/mol. The number of nitrogens with one attached hydrogen (secondary N) is 2. The van der Waals surface area contributed by atoms with Crippen LogP contribution in [0.4, 0.5) is 0 Å². The Balaban J connectivity index is 1.73. The fourth-order valence-corrected chi connectivity index (χ4v) is 2.59. The van der Waals surface area contributed by atoms with Crippen molar-refractivity contribution < 1.29 is 23.9 Å². The highest BCUT2D eigenvalue weighted by Crippen LogP contribution is 2.13. The van der Waals surface area contributed by atoms with E-state index in [0.29, 0.717) is 17.9 Å². The van der Waals surface area contributed by atoms with Crippen molar-refractivity contribution >= 4 is 17.8 Å². The minimum Gasteiger partial charge on any atom is -0.497 e. The van der Waals surface area contributed by atoms with E-state index in [4.69, 9.17) is 9.47 Å². The number of benzene rings is 2. The van der Waals surface area contributed by atoms with Crippen LogP contribution in [0.25, 0.3) is 0 Å². The van der Waals surface area contributed by atoms with Gasteiger partial charge in [0.15, 0.2) is 6.10 Å². The molecule has 0 saturated heterocycles. The molecule has 0 aliphatic heterocycles. The van der Waals surface area contributed by atoms with E-state index in [-0.39, 0.29) is 18.4 Å². The summed E-state index contributed by atoms with van der Waals surface area (Å²) < 4.78 is 10.1. The zero-order chi connectivity index (χ0) is 21.2. The molecule has 2 aromatic carbocycles.